The Bertz CT molecular complexity index is 1200. The van der Waals surface area contributed by atoms with Gasteiger partial charge in [0.15, 0.2) is 0 Å². The predicted molar refractivity (Wildman–Crippen MR) is 110 cm³/mol. The molecule has 4 aromatic rings. The fraction of sp³-hybridized carbons (Fsp3) is 0.150. The van der Waals surface area contributed by atoms with E-state index in [9.17, 15) is 14.7 Å². The Morgan fingerprint density at radius 2 is 1.89 bits per heavy atom. The third kappa shape index (κ3) is 3.10. The molecule has 0 amide bonds. The molecule has 3 aromatic heterocycles. The number of rotatable bonds is 5. The van der Waals surface area contributed by atoms with E-state index in [1.165, 1.54) is 22.7 Å². The number of esters is 1. The van der Waals surface area contributed by atoms with E-state index in [1.54, 1.807) is 19.9 Å². The van der Waals surface area contributed by atoms with E-state index in [0.29, 0.717) is 33.3 Å². The second kappa shape index (κ2) is 7.21. The van der Waals surface area contributed by atoms with E-state index in [1.807, 2.05) is 30.3 Å². The summed E-state index contributed by atoms with van der Waals surface area (Å²) in [5, 5.41) is 11.1. The van der Waals surface area contributed by atoms with Crippen molar-refractivity contribution in [3.63, 3.8) is 0 Å². The summed E-state index contributed by atoms with van der Waals surface area (Å²) >= 11 is 2.72. The SMILES string of the molecule is CCOC(=O)c1sc(-c2ccc(-c3[nH]c4ccccc4c3C(=O)O)s2)nc1C. The van der Waals surface area contributed by atoms with Gasteiger partial charge in [0, 0.05) is 10.9 Å². The molecule has 0 radical (unpaired) electrons. The van der Waals surface area contributed by atoms with Crippen LogP contribution in [0.2, 0.25) is 0 Å². The molecule has 1 aromatic carbocycles. The summed E-state index contributed by atoms with van der Waals surface area (Å²) in [4.78, 5) is 33.8. The third-order valence-electron chi connectivity index (χ3n) is 4.24. The van der Waals surface area contributed by atoms with Crippen molar-refractivity contribution >= 4 is 45.5 Å². The molecule has 0 saturated heterocycles. The lowest BCUT2D eigenvalue weighted by Crippen LogP contribution is -2.03. The number of benzene rings is 1. The summed E-state index contributed by atoms with van der Waals surface area (Å²) < 4.78 is 5.07. The van der Waals surface area contributed by atoms with Crippen molar-refractivity contribution in [2.75, 3.05) is 6.61 Å². The van der Waals surface area contributed by atoms with E-state index < -0.39 is 5.97 Å². The van der Waals surface area contributed by atoms with E-state index in [-0.39, 0.29) is 11.5 Å². The Balaban J connectivity index is 1.76. The van der Waals surface area contributed by atoms with Gasteiger partial charge in [0.05, 0.1) is 33.3 Å². The van der Waals surface area contributed by atoms with Gasteiger partial charge < -0.3 is 14.8 Å². The van der Waals surface area contributed by atoms with E-state index in [2.05, 4.69) is 9.97 Å². The fourth-order valence-electron chi connectivity index (χ4n) is 3.02. The van der Waals surface area contributed by atoms with Gasteiger partial charge in [0.1, 0.15) is 9.88 Å². The van der Waals surface area contributed by atoms with E-state index in [0.717, 1.165) is 15.3 Å². The first-order valence-corrected chi connectivity index (χ1v) is 10.2. The van der Waals surface area contributed by atoms with Crippen LogP contribution in [0, 0.1) is 6.92 Å². The van der Waals surface area contributed by atoms with Crippen LogP contribution in [0.4, 0.5) is 0 Å². The summed E-state index contributed by atoms with van der Waals surface area (Å²) in [7, 11) is 0. The molecule has 3 heterocycles. The number of para-hydroxylation sites is 1. The highest BCUT2D eigenvalue weighted by molar-refractivity contribution is 7.24. The molecule has 0 bridgehead atoms. The van der Waals surface area contributed by atoms with Crippen molar-refractivity contribution in [3.05, 3.63) is 52.5 Å². The average Bonchev–Trinajstić information content (AvgIpc) is 3.37. The largest absolute Gasteiger partial charge is 0.478 e. The minimum atomic E-state index is -0.975. The quantitative estimate of drug-likeness (QED) is 0.439. The number of aromatic amines is 1. The minimum absolute atomic E-state index is 0.256. The van der Waals surface area contributed by atoms with Crippen LogP contribution in [0.15, 0.2) is 36.4 Å². The van der Waals surface area contributed by atoms with Gasteiger partial charge in [-0.1, -0.05) is 18.2 Å². The summed E-state index contributed by atoms with van der Waals surface area (Å²) in [6.07, 6.45) is 0. The number of fused-ring (bicyclic) bond motifs is 1. The molecule has 6 nitrogen and oxygen atoms in total. The molecule has 142 valence electrons. The van der Waals surface area contributed by atoms with Crippen molar-refractivity contribution < 1.29 is 19.4 Å². The lowest BCUT2D eigenvalue weighted by atomic mass is 10.1. The van der Waals surface area contributed by atoms with Crippen molar-refractivity contribution in [2.45, 2.75) is 13.8 Å². The molecule has 2 N–H and O–H groups in total. The molecule has 0 unspecified atom stereocenters. The Morgan fingerprint density at radius 1 is 1.14 bits per heavy atom. The highest BCUT2D eigenvalue weighted by Gasteiger charge is 2.22. The minimum Gasteiger partial charge on any atom is -0.478 e. The maximum atomic E-state index is 12.0. The van der Waals surface area contributed by atoms with Crippen molar-refractivity contribution in [1.82, 2.24) is 9.97 Å². The van der Waals surface area contributed by atoms with Crippen molar-refractivity contribution in [2.24, 2.45) is 0 Å². The molecule has 0 saturated carbocycles. The lowest BCUT2D eigenvalue weighted by Gasteiger charge is -1.97. The van der Waals surface area contributed by atoms with Crippen molar-refractivity contribution in [1.29, 1.82) is 0 Å². The first kappa shape index (κ1) is 18.4. The number of carboxylic acid groups (broad SMARTS) is 1. The third-order valence-corrected chi connectivity index (χ3v) is 6.65. The Labute approximate surface area is 168 Å². The van der Waals surface area contributed by atoms with Gasteiger partial charge in [-0.05, 0) is 32.0 Å². The van der Waals surface area contributed by atoms with Crippen LogP contribution >= 0.6 is 22.7 Å². The van der Waals surface area contributed by atoms with Gasteiger partial charge >= 0.3 is 11.9 Å². The van der Waals surface area contributed by atoms with Gasteiger partial charge in [-0.15, -0.1) is 22.7 Å². The zero-order valence-electron chi connectivity index (χ0n) is 15.1. The molecular formula is C20H16N2O4S2. The summed E-state index contributed by atoms with van der Waals surface area (Å²) in [5.41, 5.74) is 2.24. The van der Waals surface area contributed by atoms with Crippen LogP contribution in [-0.4, -0.2) is 33.6 Å². The number of carbonyl (C=O) groups is 2. The van der Waals surface area contributed by atoms with Crippen molar-refractivity contribution in [3.8, 4) is 20.5 Å². The molecule has 8 heteroatoms. The molecule has 0 aliphatic carbocycles. The number of hydrogen-bond acceptors (Lipinski definition) is 6. The summed E-state index contributed by atoms with van der Waals surface area (Å²) in [5.74, 6) is -1.35. The summed E-state index contributed by atoms with van der Waals surface area (Å²) in [6.45, 7) is 3.86. The van der Waals surface area contributed by atoms with E-state index >= 15 is 0 Å². The number of carboxylic acids is 1. The van der Waals surface area contributed by atoms with Crippen LogP contribution in [-0.2, 0) is 4.74 Å². The number of nitrogens with one attached hydrogen (secondary N) is 1. The first-order valence-electron chi connectivity index (χ1n) is 8.58. The smallest absolute Gasteiger partial charge is 0.350 e. The highest BCUT2D eigenvalue weighted by atomic mass is 32.1. The molecule has 0 atom stereocenters. The molecule has 0 fully saturated rings. The van der Waals surface area contributed by atoms with Gasteiger partial charge in [0.2, 0.25) is 0 Å². The lowest BCUT2D eigenvalue weighted by molar-refractivity contribution is 0.0530. The molecule has 4 rings (SSSR count). The van der Waals surface area contributed by atoms with Crippen LogP contribution < -0.4 is 0 Å². The number of aryl methyl sites for hydroxylation is 1. The molecule has 0 aliphatic rings. The Hall–Kier alpha value is -2.97. The van der Waals surface area contributed by atoms with Gasteiger partial charge in [0.25, 0.3) is 0 Å². The molecule has 0 aliphatic heterocycles. The number of thiazole rings is 1. The van der Waals surface area contributed by atoms with Crippen LogP contribution in [0.25, 0.3) is 31.4 Å². The zero-order valence-corrected chi connectivity index (χ0v) is 16.7. The highest BCUT2D eigenvalue weighted by Crippen LogP contribution is 2.39. The van der Waals surface area contributed by atoms with Gasteiger partial charge in [-0.25, -0.2) is 14.6 Å². The number of hydrogen-bond donors (Lipinski definition) is 2. The number of nitrogens with zero attached hydrogens (tertiary/aromatic N) is 1. The van der Waals surface area contributed by atoms with Gasteiger partial charge in [-0.2, -0.15) is 0 Å². The molecule has 0 spiro atoms. The topological polar surface area (TPSA) is 92.3 Å². The maximum absolute atomic E-state index is 12.0. The van der Waals surface area contributed by atoms with Crippen LogP contribution in [0.1, 0.15) is 32.6 Å². The molecule has 28 heavy (non-hydrogen) atoms. The number of aromatic carboxylic acids is 1. The molecular weight excluding hydrogens is 396 g/mol. The number of carbonyl (C=O) groups excluding carboxylic acids is 1. The normalized spacial score (nSPS) is 11.1. The number of thiophene rings is 1. The second-order valence-electron chi connectivity index (χ2n) is 6.04. The number of ether oxygens (including phenoxy) is 1. The monoisotopic (exact) mass is 412 g/mol. The number of aromatic nitrogens is 2. The standard InChI is InChI=1S/C20H16N2O4S2/c1-3-26-20(25)17-10(2)21-18(28-17)14-9-8-13(27-14)16-15(19(23)24)11-6-4-5-7-12(11)22-16/h4-9,22H,3H2,1-2H3,(H,23,24). The maximum Gasteiger partial charge on any atom is 0.350 e. The zero-order chi connectivity index (χ0) is 19.8. The number of H-pyrrole nitrogens is 1. The Kier molecular flexibility index (Phi) is 4.74. The Morgan fingerprint density at radius 3 is 2.64 bits per heavy atom. The van der Waals surface area contributed by atoms with Gasteiger partial charge in [-0.3, -0.25) is 0 Å². The first-order chi connectivity index (χ1) is 13.5. The predicted octanol–water partition coefficient (Wildman–Crippen LogP) is 5.20. The fourth-order valence-corrected chi connectivity index (χ4v) is 5.05. The second-order valence-corrected chi connectivity index (χ2v) is 8.13. The van der Waals surface area contributed by atoms with Crippen LogP contribution in [0.3, 0.4) is 0 Å². The summed E-state index contributed by atoms with van der Waals surface area (Å²) in [6, 6.07) is 11.1. The van der Waals surface area contributed by atoms with E-state index in [4.69, 9.17) is 4.74 Å². The van der Waals surface area contributed by atoms with Crippen LogP contribution in [0.5, 0.6) is 0 Å². The average molecular weight is 412 g/mol.